The summed E-state index contributed by atoms with van der Waals surface area (Å²) in [6.07, 6.45) is 0. The average Bonchev–Trinajstić information content (AvgIpc) is 3.55. The molecule has 0 aliphatic rings. The monoisotopic (exact) mass is 796 g/mol. The maximum atomic E-state index is 11.6. The van der Waals surface area contributed by atoms with E-state index in [-0.39, 0.29) is 21.7 Å². The van der Waals surface area contributed by atoms with Crippen molar-refractivity contribution in [2.45, 2.75) is 105 Å². The van der Waals surface area contributed by atoms with Crippen molar-refractivity contribution in [3.8, 4) is 11.5 Å². The summed E-state index contributed by atoms with van der Waals surface area (Å²) in [7, 11) is 0. The largest absolute Gasteiger partial charge is 0.507 e. The van der Waals surface area contributed by atoms with E-state index >= 15 is 0 Å². The zero-order chi connectivity index (χ0) is 40.7. The van der Waals surface area contributed by atoms with Gasteiger partial charge in [-0.15, -0.1) is 11.3 Å². The summed E-state index contributed by atoms with van der Waals surface area (Å²) in [5.74, 6) is 0.611. The van der Waals surface area contributed by atoms with Crippen LogP contribution < -0.4 is 10.9 Å². The van der Waals surface area contributed by atoms with Gasteiger partial charge in [0, 0.05) is 43.4 Å². The smallest absolute Gasteiger partial charge is 0.123 e. The molecule has 4 aromatic carbocycles. The number of halogens is 2. The minimum Gasteiger partial charge on any atom is -0.507 e. The summed E-state index contributed by atoms with van der Waals surface area (Å²) in [5, 5.41) is 34.6. The third kappa shape index (κ3) is 9.93. The van der Waals surface area contributed by atoms with Crippen LogP contribution in [0.1, 0.15) is 126 Å². The summed E-state index contributed by atoms with van der Waals surface area (Å²) in [4.78, 5) is 1.79. The first kappa shape index (κ1) is 41.9. The molecule has 9 heteroatoms. The van der Waals surface area contributed by atoms with E-state index in [9.17, 15) is 10.2 Å². The second-order valence-electron chi connectivity index (χ2n) is 18.2. The van der Waals surface area contributed by atoms with Crippen molar-refractivity contribution in [3.63, 3.8) is 0 Å². The zero-order valence-corrected chi connectivity index (χ0v) is 36.4. The molecule has 0 saturated heterocycles. The highest BCUT2D eigenvalue weighted by Gasteiger charge is 2.30. The highest BCUT2D eigenvalue weighted by Crippen LogP contribution is 2.42. The van der Waals surface area contributed by atoms with E-state index in [0.29, 0.717) is 33.0 Å². The van der Waals surface area contributed by atoms with Crippen molar-refractivity contribution >= 4 is 57.3 Å². The number of hydrazone groups is 2. The molecule has 0 aliphatic heterocycles. The van der Waals surface area contributed by atoms with Crippen LogP contribution in [0.15, 0.2) is 95.1 Å². The van der Waals surface area contributed by atoms with Gasteiger partial charge < -0.3 is 10.2 Å². The maximum Gasteiger partial charge on any atom is 0.123 e. The molecule has 0 atom stereocenters. The summed E-state index contributed by atoms with van der Waals surface area (Å²) in [6, 6.07) is 27.2. The Kier molecular flexibility index (Phi) is 11.9. The number of phenols is 2. The van der Waals surface area contributed by atoms with Crippen molar-refractivity contribution in [1.82, 2.24) is 0 Å². The average molecular weight is 798 g/mol. The molecule has 0 aliphatic carbocycles. The first-order valence-corrected chi connectivity index (χ1v) is 20.1. The molecule has 1 heterocycles. The zero-order valence-electron chi connectivity index (χ0n) is 34.0. The Balaban J connectivity index is 1.76. The fourth-order valence-electron chi connectivity index (χ4n) is 6.24. The fourth-order valence-corrected chi connectivity index (χ4v) is 7.52. The molecule has 0 saturated carbocycles. The fraction of sp³-hybridized carbons (Fsp3) is 0.348. The summed E-state index contributed by atoms with van der Waals surface area (Å²) in [5.41, 5.74) is 13.3. The van der Waals surface area contributed by atoms with Gasteiger partial charge in [0.2, 0.25) is 0 Å². The normalized spacial score (nSPS) is 13.3. The van der Waals surface area contributed by atoms with Crippen molar-refractivity contribution < 1.29 is 10.2 Å². The predicted molar refractivity (Wildman–Crippen MR) is 237 cm³/mol. The van der Waals surface area contributed by atoms with Gasteiger partial charge in [-0.2, -0.15) is 10.2 Å². The molecular weight excluding hydrogens is 744 g/mol. The lowest BCUT2D eigenvalue weighted by atomic mass is 9.78. The molecule has 4 N–H and O–H groups in total. The number of hydrogen-bond acceptors (Lipinski definition) is 7. The van der Waals surface area contributed by atoms with E-state index in [1.165, 1.54) is 0 Å². The number of nitrogens with zero attached hydrogens (tertiary/aromatic N) is 2. The number of benzene rings is 4. The van der Waals surface area contributed by atoms with E-state index in [1.807, 2.05) is 48.5 Å². The number of nitrogens with one attached hydrogen (secondary N) is 2. The van der Waals surface area contributed by atoms with E-state index in [2.05, 4.69) is 130 Å². The molecule has 290 valence electrons. The van der Waals surface area contributed by atoms with Gasteiger partial charge in [0.25, 0.3) is 0 Å². The second-order valence-corrected chi connectivity index (χ2v) is 20.1. The van der Waals surface area contributed by atoms with Gasteiger partial charge in [0.15, 0.2) is 0 Å². The second kappa shape index (κ2) is 15.7. The lowest BCUT2D eigenvalue weighted by molar-refractivity contribution is 0.422. The Morgan fingerprint density at radius 3 is 1.00 bits per heavy atom. The van der Waals surface area contributed by atoms with Crippen molar-refractivity contribution in [3.05, 3.63) is 138 Å². The van der Waals surface area contributed by atoms with E-state index in [4.69, 9.17) is 33.4 Å². The Morgan fingerprint density at radius 2 is 0.745 bits per heavy atom. The molecule has 6 nitrogen and oxygen atoms in total. The molecule has 55 heavy (non-hydrogen) atoms. The Bertz CT molecular complexity index is 2000. The summed E-state index contributed by atoms with van der Waals surface area (Å²) >= 11 is 14.0. The predicted octanol–water partition coefficient (Wildman–Crippen LogP) is 13.4. The van der Waals surface area contributed by atoms with Crippen LogP contribution in [0.2, 0.25) is 10.0 Å². The standard InChI is InChI=1S/C46H54Cl2N4O2S/c1-43(2,3)33-23-27(24-34(41(33)53)44(4,5)6)39(51-49-31-17-13-29(47)14-18-31)37-21-22-38(55-37)40(52-50-32-19-15-30(48)16-20-32)28-25-35(45(7,8)9)42(54)36(26-28)46(10,11)12/h13-26,49-50,53-54H,1-12H3/b51-39+,52-40+. The molecule has 5 aromatic rings. The van der Waals surface area contributed by atoms with Gasteiger partial charge in [-0.1, -0.05) is 106 Å². The molecule has 0 radical (unpaired) electrons. The molecular formula is C46H54Cl2N4O2S. The molecule has 0 bridgehead atoms. The Hall–Kier alpha value is -4.30. The number of aromatic hydroxyl groups is 2. The lowest BCUT2D eigenvalue weighted by Gasteiger charge is -2.28. The molecule has 0 spiro atoms. The van der Waals surface area contributed by atoms with Gasteiger partial charge in [0.1, 0.15) is 22.9 Å². The van der Waals surface area contributed by atoms with Crippen LogP contribution in [0.5, 0.6) is 11.5 Å². The summed E-state index contributed by atoms with van der Waals surface area (Å²) < 4.78 is 0. The third-order valence-corrected chi connectivity index (χ3v) is 11.0. The number of phenolic OH excluding ortho intramolecular Hbond substituents is 2. The molecule has 0 amide bonds. The van der Waals surface area contributed by atoms with Gasteiger partial charge in [-0.25, -0.2) is 0 Å². The van der Waals surface area contributed by atoms with Crippen LogP contribution in [0.3, 0.4) is 0 Å². The van der Waals surface area contributed by atoms with E-state index < -0.39 is 0 Å². The van der Waals surface area contributed by atoms with Crippen molar-refractivity contribution in [1.29, 1.82) is 0 Å². The summed E-state index contributed by atoms with van der Waals surface area (Å²) in [6.45, 7) is 25.3. The number of anilines is 2. The van der Waals surface area contributed by atoms with Gasteiger partial charge in [-0.05, 0) is 107 Å². The van der Waals surface area contributed by atoms with E-state index in [1.54, 1.807) is 11.3 Å². The minimum atomic E-state index is -0.336. The highest BCUT2D eigenvalue weighted by atomic mass is 35.5. The molecule has 1 aromatic heterocycles. The van der Waals surface area contributed by atoms with Crippen LogP contribution in [0.25, 0.3) is 0 Å². The van der Waals surface area contributed by atoms with Gasteiger partial charge in [-0.3, -0.25) is 10.9 Å². The Labute approximate surface area is 341 Å². The van der Waals surface area contributed by atoms with Crippen LogP contribution in [-0.4, -0.2) is 21.6 Å². The number of rotatable bonds is 8. The molecule has 5 rings (SSSR count). The lowest BCUT2D eigenvalue weighted by Crippen LogP contribution is -2.19. The quantitative estimate of drug-likeness (QED) is 0.0930. The minimum absolute atomic E-state index is 0.306. The SMILES string of the molecule is CC(C)(C)c1cc(/C(=N\Nc2ccc(Cl)cc2)c2ccc(/C(=N/Nc3ccc(Cl)cc3)c3cc(C(C)(C)C)c(O)c(C(C)(C)C)c3)s2)cc(C(C)(C)C)c1O. The topological polar surface area (TPSA) is 89.2 Å². The van der Waals surface area contributed by atoms with Crippen LogP contribution in [-0.2, 0) is 21.7 Å². The molecule has 0 unspecified atom stereocenters. The first-order chi connectivity index (χ1) is 25.4. The number of hydrogen-bond donors (Lipinski definition) is 4. The van der Waals surface area contributed by atoms with Gasteiger partial charge in [0.05, 0.1) is 21.1 Å². The maximum absolute atomic E-state index is 11.6. The highest BCUT2D eigenvalue weighted by molar-refractivity contribution is 7.16. The van der Waals surface area contributed by atoms with Crippen LogP contribution in [0.4, 0.5) is 11.4 Å². The molecule has 0 fully saturated rings. The first-order valence-electron chi connectivity index (χ1n) is 18.5. The van der Waals surface area contributed by atoms with Crippen LogP contribution in [0, 0.1) is 0 Å². The van der Waals surface area contributed by atoms with Crippen LogP contribution >= 0.6 is 34.5 Å². The number of thiophene rings is 1. The third-order valence-electron chi connectivity index (χ3n) is 9.35. The van der Waals surface area contributed by atoms with Crippen molar-refractivity contribution in [2.75, 3.05) is 10.9 Å². The Morgan fingerprint density at radius 1 is 0.473 bits per heavy atom. The van der Waals surface area contributed by atoms with Gasteiger partial charge >= 0.3 is 0 Å². The van der Waals surface area contributed by atoms with Crippen molar-refractivity contribution in [2.24, 2.45) is 10.2 Å². The van der Waals surface area contributed by atoms with E-state index in [0.717, 1.165) is 54.5 Å².